The zero-order valence-electron chi connectivity index (χ0n) is 11.4. The van der Waals surface area contributed by atoms with E-state index in [2.05, 4.69) is 4.98 Å². The van der Waals surface area contributed by atoms with Gasteiger partial charge in [-0.1, -0.05) is 30.1 Å². The van der Waals surface area contributed by atoms with Crippen LogP contribution in [0.2, 0.25) is 10.0 Å². The molecule has 106 valence electrons. The van der Waals surface area contributed by atoms with E-state index < -0.39 is 0 Å². The third kappa shape index (κ3) is 3.00. The van der Waals surface area contributed by atoms with Gasteiger partial charge in [-0.3, -0.25) is 4.79 Å². The predicted molar refractivity (Wildman–Crippen MR) is 84.9 cm³/mol. The van der Waals surface area contributed by atoms with Crippen LogP contribution in [0.5, 0.6) is 0 Å². The molecule has 0 unspecified atom stereocenters. The number of hydrogen-bond acceptors (Lipinski definition) is 2. The number of nitrogens with one attached hydrogen (secondary N) is 1. The molecule has 0 aliphatic rings. The Morgan fingerprint density at radius 2 is 1.75 bits per heavy atom. The van der Waals surface area contributed by atoms with E-state index in [0.29, 0.717) is 16.5 Å². The number of H-pyrrole nitrogens is 1. The Morgan fingerprint density at radius 1 is 1.15 bits per heavy atom. The van der Waals surface area contributed by atoms with Gasteiger partial charge in [-0.05, 0) is 48.2 Å². The molecule has 2 rings (SSSR count). The zero-order valence-corrected chi connectivity index (χ0v) is 12.9. The first-order valence-electron chi connectivity index (χ1n) is 6.37. The summed E-state index contributed by atoms with van der Waals surface area (Å²) < 4.78 is 0. The quantitative estimate of drug-likeness (QED) is 0.907. The van der Waals surface area contributed by atoms with Crippen LogP contribution in [0, 0.1) is 6.92 Å². The summed E-state index contributed by atoms with van der Waals surface area (Å²) in [6.07, 6.45) is 1.34. The van der Waals surface area contributed by atoms with Crippen LogP contribution < -0.4 is 11.3 Å². The summed E-state index contributed by atoms with van der Waals surface area (Å²) in [6, 6.07) is 5.35. The fraction of sp³-hybridized carbons (Fsp3) is 0.267. The van der Waals surface area contributed by atoms with Crippen molar-refractivity contribution in [2.75, 3.05) is 5.73 Å². The number of aromatic nitrogens is 1. The Kier molecular flexibility index (Phi) is 4.41. The molecule has 0 radical (unpaired) electrons. The van der Waals surface area contributed by atoms with Crippen molar-refractivity contribution in [1.82, 2.24) is 4.98 Å². The molecule has 2 aromatic rings. The summed E-state index contributed by atoms with van der Waals surface area (Å²) in [4.78, 5) is 14.6. The van der Waals surface area contributed by atoms with Gasteiger partial charge >= 0.3 is 0 Å². The molecule has 0 spiro atoms. The first-order chi connectivity index (χ1) is 9.42. The summed E-state index contributed by atoms with van der Waals surface area (Å²) >= 11 is 12.0. The fourth-order valence-corrected chi connectivity index (χ4v) is 3.01. The van der Waals surface area contributed by atoms with Gasteiger partial charge in [-0.25, -0.2) is 0 Å². The highest BCUT2D eigenvalue weighted by atomic mass is 35.5. The lowest BCUT2D eigenvalue weighted by Crippen LogP contribution is -2.19. The van der Waals surface area contributed by atoms with Crippen LogP contribution in [0.4, 0.5) is 5.69 Å². The smallest absolute Gasteiger partial charge is 0.271 e. The normalized spacial score (nSPS) is 10.8. The van der Waals surface area contributed by atoms with Crippen molar-refractivity contribution >= 4 is 28.9 Å². The lowest BCUT2D eigenvalue weighted by atomic mass is 9.96. The van der Waals surface area contributed by atoms with E-state index in [1.54, 1.807) is 6.07 Å². The van der Waals surface area contributed by atoms with Gasteiger partial charge in [-0.15, -0.1) is 0 Å². The van der Waals surface area contributed by atoms with Crippen molar-refractivity contribution < 1.29 is 0 Å². The number of benzene rings is 1. The van der Waals surface area contributed by atoms with Gasteiger partial charge in [0.15, 0.2) is 0 Å². The molecule has 1 heterocycles. The largest absolute Gasteiger partial charge is 0.394 e. The summed E-state index contributed by atoms with van der Waals surface area (Å²) in [5.74, 6) is 0. The monoisotopic (exact) mass is 310 g/mol. The molecule has 5 heteroatoms. The molecule has 0 aliphatic heterocycles. The number of pyridine rings is 1. The molecule has 0 saturated heterocycles. The third-order valence-corrected chi connectivity index (χ3v) is 3.78. The van der Waals surface area contributed by atoms with Gasteiger partial charge in [0.1, 0.15) is 5.69 Å². The maximum absolute atomic E-state index is 11.8. The van der Waals surface area contributed by atoms with Crippen LogP contribution in [-0.2, 0) is 12.8 Å². The molecular formula is C15H16Cl2N2O. The molecular weight excluding hydrogens is 295 g/mol. The van der Waals surface area contributed by atoms with Crippen LogP contribution in [-0.4, -0.2) is 4.98 Å². The maximum atomic E-state index is 11.8. The fourth-order valence-electron chi connectivity index (χ4n) is 2.44. The molecule has 0 saturated carbocycles. The zero-order chi connectivity index (χ0) is 14.9. The van der Waals surface area contributed by atoms with E-state index >= 15 is 0 Å². The SMILES string of the molecule is CCc1c(C)[nH]c(=O)c(N)c1Cc1cc(Cl)cc(Cl)c1. The number of nitrogen functional groups attached to an aromatic ring is 1. The van der Waals surface area contributed by atoms with Crippen molar-refractivity contribution in [1.29, 1.82) is 0 Å². The van der Waals surface area contributed by atoms with Gasteiger partial charge in [-0.2, -0.15) is 0 Å². The van der Waals surface area contributed by atoms with E-state index in [-0.39, 0.29) is 11.2 Å². The lowest BCUT2D eigenvalue weighted by Gasteiger charge is -2.14. The summed E-state index contributed by atoms with van der Waals surface area (Å²) in [7, 11) is 0. The number of aryl methyl sites for hydroxylation is 1. The van der Waals surface area contributed by atoms with Crippen LogP contribution in [0.3, 0.4) is 0 Å². The average molecular weight is 311 g/mol. The highest BCUT2D eigenvalue weighted by Crippen LogP contribution is 2.25. The Balaban J connectivity index is 2.55. The van der Waals surface area contributed by atoms with Crippen molar-refractivity contribution in [3.8, 4) is 0 Å². The second-order valence-corrected chi connectivity index (χ2v) is 5.63. The molecule has 1 aromatic heterocycles. The van der Waals surface area contributed by atoms with Gasteiger partial charge < -0.3 is 10.7 Å². The molecule has 0 amide bonds. The molecule has 3 N–H and O–H groups in total. The first kappa shape index (κ1) is 14.9. The van der Waals surface area contributed by atoms with E-state index in [4.69, 9.17) is 28.9 Å². The minimum absolute atomic E-state index is 0.247. The number of aromatic amines is 1. The maximum Gasteiger partial charge on any atom is 0.271 e. The predicted octanol–water partition coefficient (Wildman–Crippen LogP) is 3.73. The summed E-state index contributed by atoms with van der Waals surface area (Å²) in [5, 5.41) is 1.15. The molecule has 0 bridgehead atoms. The summed E-state index contributed by atoms with van der Waals surface area (Å²) in [5.41, 5.74) is 9.68. The number of halogens is 2. The van der Waals surface area contributed by atoms with Gasteiger partial charge in [0.05, 0.1) is 0 Å². The van der Waals surface area contributed by atoms with Crippen LogP contribution >= 0.6 is 23.2 Å². The summed E-state index contributed by atoms with van der Waals surface area (Å²) in [6.45, 7) is 3.92. The van der Waals surface area contributed by atoms with E-state index in [0.717, 1.165) is 28.8 Å². The molecule has 20 heavy (non-hydrogen) atoms. The molecule has 0 fully saturated rings. The standard InChI is InChI=1S/C15H16Cl2N2O/c1-3-12-8(2)19-15(20)14(18)13(12)6-9-4-10(16)7-11(17)5-9/h4-5,7H,3,6,18H2,1-2H3,(H,19,20). The lowest BCUT2D eigenvalue weighted by molar-refractivity contribution is 0.980. The van der Waals surface area contributed by atoms with Crippen molar-refractivity contribution in [3.63, 3.8) is 0 Å². The van der Waals surface area contributed by atoms with Gasteiger partial charge in [0.25, 0.3) is 5.56 Å². The van der Waals surface area contributed by atoms with Gasteiger partial charge in [0.2, 0.25) is 0 Å². The van der Waals surface area contributed by atoms with Crippen molar-refractivity contribution in [2.24, 2.45) is 0 Å². The minimum atomic E-state index is -0.247. The second-order valence-electron chi connectivity index (χ2n) is 4.76. The van der Waals surface area contributed by atoms with E-state index in [1.165, 1.54) is 0 Å². The molecule has 1 aromatic carbocycles. The Labute approximate surface area is 127 Å². The average Bonchev–Trinajstić information content (AvgIpc) is 2.34. The highest BCUT2D eigenvalue weighted by Gasteiger charge is 2.13. The highest BCUT2D eigenvalue weighted by molar-refractivity contribution is 6.34. The number of anilines is 1. The van der Waals surface area contributed by atoms with Crippen LogP contribution in [0.1, 0.15) is 29.3 Å². The molecule has 3 nitrogen and oxygen atoms in total. The second kappa shape index (κ2) is 5.90. The molecule has 0 atom stereocenters. The van der Waals surface area contributed by atoms with E-state index in [9.17, 15) is 4.79 Å². The number of hydrogen-bond donors (Lipinski definition) is 2. The molecule has 0 aliphatic carbocycles. The van der Waals surface area contributed by atoms with Crippen LogP contribution in [0.25, 0.3) is 0 Å². The van der Waals surface area contributed by atoms with Crippen molar-refractivity contribution in [3.05, 3.63) is 61.0 Å². The minimum Gasteiger partial charge on any atom is -0.394 e. The third-order valence-electron chi connectivity index (χ3n) is 3.34. The Hall–Kier alpha value is -1.45. The Bertz CT molecular complexity index is 688. The Morgan fingerprint density at radius 3 is 2.30 bits per heavy atom. The number of rotatable bonds is 3. The van der Waals surface area contributed by atoms with E-state index in [1.807, 2.05) is 26.0 Å². The topological polar surface area (TPSA) is 58.9 Å². The first-order valence-corrected chi connectivity index (χ1v) is 7.13. The number of nitrogens with two attached hydrogens (primary N) is 1. The van der Waals surface area contributed by atoms with Crippen LogP contribution in [0.15, 0.2) is 23.0 Å². The van der Waals surface area contributed by atoms with Gasteiger partial charge in [0, 0.05) is 22.2 Å². The van der Waals surface area contributed by atoms with Crippen molar-refractivity contribution in [2.45, 2.75) is 26.7 Å².